The molecule has 30 heavy (non-hydrogen) atoms. The van der Waals surface area contributed by atoms with Crippen LogP contribution in [0.15, 0.2) is 58.6 Å². The number of aliphatic hydroxyl groups excluding tert-OH is 1. The van der Waals surface area contributed by atoms with Crippen molar-refractivity contribution in [3.8, 4) is 5.75 Å². The summed E-state index contributed by atoms with van der Waals surface area (Å²) in [5.74, 6) is -0.906. The van der Waals surface area contributed by atoms with Gasteiger partial charge in [0.25, 0.3) is 11.7 Å². The van der Waals surface area contributed by atoms with Gasteiger partial charge in [0, 0.05) is 23.1 Å². The molecule has 1 N–H and O–H groups in total. The van der Waals surface area contributed by atoms with Crippen LogP contribution in [-0.4, -0.2) is 60.4 Å². The first-order valence-corrected chi connectivity index (χ1v) is 10.5. The fraction of sp³-hybridized carbons (Fsp3) is 0.304. The first-order chi connectivity index (χ1) is 14.3. The predicted molar refractivity (Wildman–Crippen MR) is 119 cm³/mol. The van der Waals surface area contributed by atoms with Crippen LogP contribution in [0, 0.1) is 0 Å². The first kappa shape index (κ1) is 22.1. The van der Waals surface area contributed by atoms with Gasteiger partial charge in [0.2, 0.25) is 0 Å². The topological polar surface area (TPSA) is 70.1 Å². The molecule has 1 unspecified atom stereocenters. The minimum Gasteiger partial charge on any atom is -0.507 e. The van der Waals surface area contributed by atoms with Crippen LogP contribution in [0.4, 0.5) is 0 Å². The van der Waals surface area contributed by atoms with Crippen molar-refractivity contribution in [1.82, 2.24) is 9.80 Å². The molecule has 1 heterocycles. The summed E-state index contributed by atoms with van der Waals surface area (Å²) in [7, 11) is 3.81. The molecule has 0 bridgehead atoms. The molecule has 0 aliphatic carbocycles. The van der Waals surface area contributed by atoms with Crippen molar-refractivity contribution >= 4 is 33.4 Å². The van der Waals surface area contributed by atoms with Gasteiger partial charge in [0.15, 0.2) is 0 Å². The second-order valence-corrected chi connectivity index (χ2v) is 8.23. The minimum absolute atomic E-state index is 0.0884. The van der Waals surface area contributed by atoms with Crippen molar-refractivity contribution in [2.75, 3.05) is 33.8 Å². The highest BCUT2D eigenvalue weighted by Crippen LogP contribution is 2.40. The molecule has 1 fully saturated rings. The number of carbonyl (C=O) groups is 2. The molecule has 1 aliphatic rings. The molecule has 7 heteroatoms. The Balaban J connectivity index is 2.14. The van der Waals surface area contributed by atoms with Gasteiger partial charge in [-0.05, 0) is 50.8 Å². The first-order valence-electron chi connectivity index (χ1n) is 9.75. The molecule has 0 saturated carbocycles. The van der Waals surface area contributed by atoms with E-state index in [1.54, 1.807) is 24.3 Å². The van der Waals surface area contributed by atoms with Crippen LogP contribution in [0.2, 0.25) is 0 Å². The zero-order chi connectivity index (χ0) is 21.8. The van der Waals surface area contributed by atoms with Crippen LogP contribution in [0.3, 0.4) is 0 Å². The van der Waals surface area contributed by atoms with Gasteiger partial charge in [-0.2, -0.15) is 0 Å². The molecule has 0 spiro atoms. The Labute approximate surface area is 184 Å². The van der Waals surface area contributed by atoms with Gasteiger partial charge >= 0.3 is 0 Å². The molecule has 1 amide bonds. The summed E-state index contributed by atoms with van der Waals surface area (Å²) < 4.78 is 6.34. The number of carbonyl (C=O) groups excluding carboxylic acids is 2. The second kappa shape index (κ2) is 9.45. The number of halogens is 1. The Morgan fingerprint density at radius 1 is 1.17 bits per heavy atom. The quantitative estimate of drug-likeness (QED) is 0.376. The van der Waals surface area contributed by atoms with Crippen molar-refractivity contribution < 1.29 is 19.4 Å². The molecule has 2 aromatic rings. The van der Waals surface area contributed by atoms with Gasteiger partial charge in [-0.3, -0.25) is 9.59 Å². The number of aliphatic hydroxyl groups is 1. The number of amides is 1. The number of nitrogens with zero attached hydrogens (tertiary/aromatic N) is 2. The Morgan fingerprint density at radius 2 is 1.90 bits per heavy atom. The van der Waals surface area contributed by atoms with Crippen LogP contribution in [0.1, 0.15) is 24.1 Å². The SMILES string of the molecule is CCOc1cccc(/C(O)=C2\C(=O)C(=O)N(CCN(C)C)C2c2cccc(Br)c2)c1. The lowest BCUT2D eigenvalue weighted by atomic mass is 9.95. The van der Waals surface area contributed by atoms with Gasteiger partial charge in [-0.15, -0.1) is 0 Å². The fourth-order valence-corrected chi connectivity index (χ4v) is 3.91. The zero-order valence-corrected chi connectivity index (χ0v) is 18.8. The fourth-order valence-electron chi connectivity index (χ4n) is 3.50. The molecular weight excluding hydrogens is 448 g/mol. The van der Waals surface area contributed by atoms with Gasteiger partial charge in [0.05, 0.1) is 18.2 Å². The van der Waals surface area contributed by atoms with E-state index in [0.29, 0.717) is 31.0 Å². The highest BCUT2D eigenvalue weighted by Gasteiger charge is 2.45. The lowest BCUT2D eigenvalue weighted by Crippen LogP contribution is -2.35. The summed E-state index contributed by atoms with van der Waals surface area (Å²) in [6, 6.07) is 13.7. The smallest absolute Gasteiger partial charge is 0.295 e. The monoisotopic (exact) mass is 472 g/mol. The van der Waals surface area contributed by atoms with E-state index in [1.165, 1.54) is 4.90 Å². The van der Waals surface area contributed by atoms with Gasteiger partial charge < -0.3 is 19.6 Å². The van der Waals surface area contributed by atoms with Crippen molar-refractivity contribution in [2.24, 2.45) is 0 Å². The van der Waals surface area contributed by atoms with E-state index in [-0.39, 0.29) is 11.3 Å². The van der Waals surface area contributed by atoms with E-state index < -0.39 is 17.7 Å². The Bertz CT molecular complexity index is 987. The number of ketones is 1. The van der Waals surface area contributed by atoms with E-state index in [2.05, 4.69) is 15.9 Å². The Hall–Kier alpha value is -2.64. The maximum absolute atomic E-state index is 13.0. The van der Waals surface area contributed by atoms with E-state index in [0.717, 1.165) is 10.0 Å². The standard InChI is InChI=1S/C23H25BrN2O4/c1-4-30-18-10-6-8-16(14-18)21(27)19-20(15-7-5-9-17(24)13-15)26(12-11-25(2)3)23(29)22(19)28/h5-10,13-14,20,27H,4,11-12H2,1-3H3/b21-19+. The van der Waals surface area contributed by atoms with Crippen molar-refractivity contribution in [1.29, 1.82) is 0 Å². The van der Waals surface area contributed by atoms with Crippen molar-refractivity contribution in [2.45, 2.75) is 13.0 Å². The summed E-state index contributed by atoms with van der Waals surface area (Å²) in [6.45, 7) is 3.31. The Kier molecular flexibility index (Phi) is 6.95. The molecule has 3 rings (SSSR count). The molecular formula is C23H25BrN2O4. The molecule has 0 radical (unpaired) electrons. The maximum Gasteiger partial charge on any atom is 0.295 e. The molecule has 6 nitrogen and oxygen atoms in total. The summed E-state index contributed by atoms with van der Waals surface area (Å²) in [5.41, 5.74) is 1.28. The third-order valence-electron chi connectivity index (χ3n) is 4.91. The number of rotatable bonds is 7. The molecule has 0 aromatic heterocycles. The molecule has 1 aliphatic heterocycles. The van der Waals surface area contributed by atoms with E-state index in [9.17, 15) is 14.7 Å². The highest BCUT2D eigenvalue weighted by atomic mass is 79.9. The molecule has 1 saturated heterocycles. The summed E-state index contributed by atoms with van der Waals surface area (Å²) in [6.07, 6.45) is 0. The number of Topliss-reactive ketones (excluding diaryl/α,β-unsaturated/α-hetero) is 1. The summed E-state index contributed by atoms with van der Waals surface area (Å²) in [5, 5.41) is 11.1. The van der Waals surface area contributed by atoms with Crippen LogP contribution in [0.25, 0.3) is 5.76 Å². The molecule has 1 atom stereocenters. The number of hydrogen-bond donors (Lipinski definition) is 1. The number of benzene rings is 2. The largest absolute Gasteiger partial charge is 0.507 e. The third kappa shape index (κ3) is 4.57. The summed E-state index contributed by atoms with van der Waals surface area (Å²) >= 11 is 3.46. The third-order valence-corrected chi connectivity index (χ3v) is 5.40. The van der Waals surface area contributed by atoms with Crippen molar-refractivity contribution in [3.63, 3.8) is 0 Å². The maximum atomic E-state index is 13.0. The van der Waals surface area contributed by atoms with Crippen LogP contribution in [0.5, 0.6) is 5.75 Å². The molecule has 158 valence electrons. The van der Waals surface area contributed by atoms with E-state index in [4.69, 9.17) is 4.74 Å². The molecule has 2 aromatic carbocycles. The van der Waals surface area contributed by atoms with Crippen LogP contribution < -0.4 is 4.74 Å². The zero-order valence-electron chi connectivity index (χ0n) is 17.3. The van der Waals surface area contributed by atoms with Crippen LogP contribution in [-0.2, 0) is 9.59 Å². The van der Waals surface area contributed by atoms with E-state index >= 15 is 0 Å². The lowest BCUT2D eigenvalue weighted by molar-refractivity contribution is -0.140. The average Bonchev–Trinajstić information content (AvgIpc) is 2.97. The van der Waals surface area contributed by atoms with Crippen molar-refractivity contribution in [3.05, 3.63) is 69.7 Å². The number of hydrogen-bond acceptors (Lipinski definition) is 5. The lowest BCUT2D eigenvalue weighted by Gasteiger charge is -2.26. The van der Waals surface area contributed by atoms with Gasteiger partial charge in [-0.25, -0.2) is 0 Å². The normalized spacial score (nSPS) is 18.3. The Morgan fingerprint density at radius 3 is 2.57 bits per heavy atom. The van der Waals surface area contributed by atoms with Crippen LogP contribution >= 0.6 is 15.9 Å². The predicted octanol–water partition coefficient (Wildman–Crippen LogP) is 3.83. The van der Waals surface area contributed by atoms with Gasteiger partial charge in [-0.1, -0.05) is 40.2 Å². The number of likely N-dealkylation sites (N-methyl/N-ethyl adjacent to an activating group) is 1. The number of ether oxygens (including phenoxy) is 1. The highest BCUT2D eigenvalue weighted by molar-refractivity contribution is 9.10. The average molecular weight is 473 g/mol. The number of likely N-dealkylation sites (tertiary alicyclic amines) is 1. The second-order valence-electron chi connectivity index (χ2n) is 7.31. The summed E-state index contributed by atoms with van der Waals surface area (Å²) in [4.78, 5) is 29.3. The minimum atomic E-state index is -0.682. The van der Waals surface area contributed by atoms with Gasteiger partial charge in [0.1, 0.15) is 11.5 Å². The van der Waals surface area contributed by atoms with E-state index in [1.807, 2.05) is 50.2 Å².